The third-order valence-electron chi connectivity index (χ3n) is 3.56. The fourth-order valence-corrected chi connectivity index (χ4v) is 2.64. The number of nitrogens with zero attached hydrogens (tertiary/aromatic N) is 4. The molecule has 0 aliphatic heterocycles. The second-order valence-electron chi connectivity index (χ2n) is 5.13. The van der Waals surface area contributed by atoms with Crippen LogP contribution in [0.15, 0.2) is 48.8 Å². The Labute approximate surface area is 140 Å². The van der Waals surface area contributed by atoms with Gasteiger partial charge in [0.15, 0.2) is 5.82 Å². The number of hydrogen-bond acceptors (Lipinski definition) is 5. The van der Waals surface area contributed by atoms with Gasteiger partial charge in [0.05, 0.1) is 16.6 Å². The second-order valence-corrected chi connectivity index (χ2v) is 5.57. The minimum Gasteiger partial charge on any atom is -0.478 e. The van der Waals surface area contributed by atoms with Crippen molar-refractivity contribution in [2.75, 3.05) is 5.32 Å². The first kappa shape index (κ1) is 14.4. The highest BCUT2D eigenvalue weighted by molar-refractivity contribution is 6.31. The fraction of sp³-hybridized carbons (Fsp3) is 0. The summed E-state index contributed by atoms with van der Waals surface area (Å²) in [5, 5.41) is 20.8. The van der Waals surface area contributed by atoms with Crippen molar-refractivity contribution in [3.63, 3.8) is 0 Å². The largest absolute Gasteiger partial charge is 0.478 e. The lowest BCUT2D eigenvalue weighted by molar-refractivity contribution is 0.0697. The molecule has 2 aromatic carbocycles. The lowest BCUT2D eigenvalue weighted by Gasteiger charge is -2.09. The lowest BCUT2D eigenvalue weighted by atomic mass is 10.2. The van der Waals surface area contributed by atoms with Crippen LogP contribution in [0.3, 0.4) is 0 Å². The average molecular weight is 340 g/mol. The maximum atomic E-state index is 11.1. The zero-order chi connectivity index (χ0) is 16.7. The Balaban J connectivity index is 1.87. The van der Waals surface area contributed by atoms with Crippen LogP contribution in [-0.2, 0) is 0 Å². The van der Waals surface area contributed by atoms with Crippen molar-refractivity contribution in [1.29, 1.82) is 0 Å². The molecule has 0 spiro atoms. The SMILES string of the molecule is O=C(O)c1cccc(Nc2nc3ccc(Cl)cc3n3cnnc23)c1. The van der Waals surface area contributed by atoms with Gasteiger partial charge in [0.25, 0.3) is 0 Å². The summed E-state index contributed by atoms with van der Waals surface area (Å²) in [5.74, 6) is -0.516. The molecule has 0 saturated heterocycles. The van der Waals surface area contributed by atoms with Crippen molar-refractivity contribution in [3.8, 4) is 0 Å². The molecule has 4 rings (SSSR count). The summed E-state index contributed by atoms with van der Waals surface area (Å²) < 4.78 is 1.78. The van der Waals surface area contributed by atoms with Crippen molar-refractivity contribution in [2.24, 2.45) is 0 Å². The highest BCUT2D eigenvalue weighted by Gasteiger charge is 2.12. The van der Waals surface area contributed by atoms with E-state index in [0.717, 1.165) is 5.52 Å². The summed E-state index contributed by atoms with van der Waals surface area (Å²) in [4.78, 5) is 15.6. The molecule has 0 saturated carbocycles. The van der Waals surface area contributed by atoms with Crippen molar-refractivity contribution in [2.45, 2.75) is 0 Å². The molecule has 8 heteroatoms. The standard InChI is InChI=1S/C16H10ClN5O2/c17-10-4-5-12-13(7-10)22-8-18-21-15(22)14(20-12)19-11-3-1-2-9(6-11)16(23)24/h1-8H,(H,19,20)(H,23,24). The maximum Gasteiger partial charge on any atom is 0.335 e. The van der Waals surface area contributed by atoms with E-state index in [2.05, 4.69) is 20.5 Å². The number of anilines is 2. The van der Waals surface area contributed by atoms with Gasteiger partial charge in [-0.2, -0.15) is 0 Å². The van der Waals surface area contributed by atoms with Crippen LogP contribution in [0.1, 0.15) is 10.4 Å². The molecule has 24 heavy (non-hydrogen) atoms. The minimum atomic E-state index is -0.993. The molecular formula is C16H10ClN5O2. The molecule has 2 heterocycles. The van der Waals surface area contributed by atoms with E-state index < -0.39 is 5.97 Å². The lowest BCUT2D eigenvalue weighted by Crippen LogP contribution is -2.02. The van der Waals surface area contributed by atoms with E-state index in [0.29, 0.717) is 27.7 Å². The topological polar surface area (TPSA) is 92.4 Å². The van der Waals surface area contributed by atoms with Crippen LogP contribution in [0.25, 0.3) is 16.7 Å². The first-order valence-electron chi connectivity index (χ1n) is 7.01. The second kappa shape index (κ2) is 5.47. The predicted octanol–water partition coefficient (Wildman–Crippen LogP) is 3.37. The summed E-state index contributed by atoms with van der Waals surface area (Å²) in [7, 11) is 0. The molecular weight excluding hydrogens is 330 g/mol. The first-order valence-corrected chi connectivity index (χ1v) is 7.39. The molecule has 0 radical (unpaired) electrons. The smallest absolute Gasteiger partial charge is 0.335 e. The Bertz CT molecular complexity index is 1090. The monoisotopic (exact) mass is 339 g/mol. The highest BCUT2D eigenvalue weighted by Crippen LogP contribution is 2.25. The Hall–Kier alpha value is -3.19. The van der Waals surface area contributed by atoms with Crippen LogP contribution < -0.4 is 5.32 Å². The van der Waals surface area contributed by atoms with Crippen molar-refractivity contribution in [3.05, 3.63) is 59.4 Å². The number of fused-ring (bicyclic) bond motifs is 3. The number of hydrogen-bond donors (Lipinski definition) is 2. The average Bonchev–Trinajstić information content (AvgIpc) is 3.06. The molecule has 4 aromatic rings. The molecule has 0 amide bonds. The molecule has 0 aliphatic carbocycles. The molecule has 0 unspecified atom stereocenters. The van der Waals surface area contributed by atoms with E-state index in [1.54, 1.807) is 41.1 Å². The van der Waals surface area contributed by atoms with E-state index >= 15 is 0 Å². The van der Waals surface area contributed by atoms with E-state index in [1.165, 1.54) is 12.1 Å². The van der Waals surface area contributed by atoms with Crippen molar-refractivity contribution >= 4 is 45.8 Å². The molecule has 118 valence electrons. The number of carbonyl (C=O) groups is 1. The van der Waals surface area contributed by atoms with Crippen molar-refractivity contribution in [1.82, 2.24) is 19.6 Å². The summed E-state index contributed by atoms with van der Waals surface area (Å²) in [5.41, 5.74) is 2.80. The number of nitrogens with one attached hydrogen (secondary N) is 1. The number of aromatic carboxylic acids is 1. The molecule has 0 aliphatic rings. The first-order chi connectivity index (χ1) is 11.6. The normalized spacial score (nSPS) is 11.0. The Morgan fingerprint density at radius 2 is 2.08 bits per heavy atom. The molecule has 7 nitrogen and oxygen atoms in total. The van der Waals surface area contributed by atoms with Gasteiger partial charge in [-0.15, -0.1) is 10.2 Å². The number of rotatable bonds is 3. The molecule has 2 N–H and O–H groups in total. The fourth-order valence-electron chi connectivity index (χ4n) is 2.48. The highest BCUT2D eigenvalue weighted by atomic mass is 35.5. The zero-order valence-corrected chi connectivity index (χ0v) is 12.9. The van der Waals surface area contributed by atoms with Gasteiger partial charge in [-0.1, -0.05) is 17.7 Å². The van der Waals surface area contributed by atoms with Gasteiger partial charge in [0.1, 0.15) is 6.33 Å². The Kier molecular flexibility index (Phi) is 3.28. The molecule has 0 atom stereocenters. The minimum absolute atomic E-state index is 0.185. The Morgan fingerprint density at radius 1 is 1.21 bits per heavy atom. The van der Waals surface area contributed by atoms with E-state index in [9.17, 15) is 4.79 Å². The van der Waals surface area contributed by atoms with Gasteiger partial charge < -0.3 is 10.4 Å². The number of halogens is 1. The van der Waals surface area contributed by atoms with Crippen LogP contribution in [0.4, 0.5) is 11.5 Å². The van der Waals surface area contributed by atoms with Gasteiger partial charge in [0.2, 0.25) is 5.65 Å². The third-order valence-corrected chi connectivity index (χ3v) is 3.80. The van der Waals surface area contributed by atoms with Crippen LogP contribution in [0, 0.1) is 0 Å². The molecule has 0 bridgehead atoms. The quantitative estimate of drug-likeness (QED) is 0.594. The van der Waals surface area contributed by atoms with Crippen LogP contribution in [0.2, 0.25) is 5.02 Å². The summed E-state index contributed by atoms with van der Waals surface area (Å²) >= 11 is 6.05. The summed E-state index contributed by atoms with van der Waals surface area (Å²) in [6, 6.07) is 11.8. The number of carboxylic acids is 1. The van der Waals surface area contributed by atoms with Crippen LogP contribution in [0.5, 0.6) is 0 Å². The maximum absolute atomic E-state index is 11.1. The van der Waals surface area contributed by atoms with Gasteiger partial charge in [-0.05, 0) is 36.4 Å². The van der Waals surface area contributed by atoms with E-state index in [1.807, 2.05) is 0 Å². The van der Waals surface area contributed by atoms with Crippen LogP contribution >= 0.6 is 11.6 Å². The predicted molar refractivity (Wildman–Crippen MR) is 90.0 cm³/mol. The summed E-state index contributed by atoms with van der Waals surface area (Å²) in [6.07, 6.45) is 1.58. The van der Waals surface area contributed by atoms with E-state index in [4.69, 9.17) is 16.7 Å². The van der Waals surface area contributed by atoms with Crippen molar-refractivity contribution < 1.29 is 9.90 Å². The number of benzene rings is 2. The molecule has 2 aromatic heterocycles. The van der Waals surface area contributed by atoms with Crippen LogP contribution in [-0.4, -0.2) is 30.7 Å². The van der Waals surface area contributed by atoms with Gasteiger partial charge in [-0.3, -0.25) is 4.40 Å². The zero-order valence-electron chi connectivity index (χ0n) is 12.1. The van der Waals surface area contributed by atoms with Gasteiger partial charge >= 0.3 is 5.97 Å². The third kappa shape index (κ3) is 2.40. The van der Waals surface area contributed by atoms with E-state index in [-0.39, 0.29) is 5.56 Å². The Morgan fingerprint density at radius 3 is 2.92 bits per heavy atom. The van der Waals surface area contributed by atoms with Gasteiger partial charge in [-0.25, -0.2) is 9.78 Å². The van der Waals surface area contributed by atoms with Gasteiger partial charge in [0, 0.05) is 10.7 Å². The summed E-state index contributed by atoms with van der Waals surface area (Å²) in [6.45, 7) is 0. The number of aromatic nitrogens is 4. The number of carboxylic acid groups (broad SMARTS) is 1. The molecule has 0 fully saturated rings.